The average Bonchev–Trinajstić information content (AvgIpc) is 3.39. The number of amides is 1. The third kappa shape index (κ3) is 4.64. The SMILES string of the molecule is O=C(NCCc1cnn(-c2ccccc2)c1)c1cn(CC2CCCNC2)nn1. The molecular formula is C20H25N7O. The van der Waals surface area contributed by atoms with Gasteiger partial charge in [0.15, 0.2) is 5.69 Å². The molecule has 1 fully saturated rings. The van der Waals surface area contributed by atoms with Crippen molar-refractivity contribution in [3.63, 3.8) is 0 Å². The summed E-state index contributed by atoms with van der Waals surface area (Å²) in [4.78, 5) is 12.3. The van der Waals surface area contributed by atoms with E-state index in [-0.39, 0.29) is 5.91 Å². The zero-order valence-electron chi connectivity index (χ0n) is 15.8. The lowest BCUT2D eigenvalue weighted by molar-refractivity contribution is 0.0949. The van der Waals surface area contributed by atoms with Gasteiger partial charge in [0.2, 0.25) is 0 Å². The Morgan fingerprint density at radius 3 is 2.96 bits per heavy atom. The van der Waals surface area contributed by atoms with Crippen LogP contribution < -0.4 is 10.6 Å². The highest BCUT2D eigenvalue weighted by atomic mass is 16.2. The van der Waals surface area contributed by atoms with Crippen molar-refractivity contribution in [1.82, 2.24) is 35.4 Å². The second kappa shape index (κ2) is 8.79. The van der Waals surface area contributed by atoms with E-state index in [4.69, 9.17) is 0 Å². The summed E-state index contributed by atoms with van der Waals surface area (Å²) in [6.07, 6.45) is 8.63. The van der Waals surface area contributed by atoms with Crippen molar-refractivity contribution in [3.05, 3.63) is 60.2 Å². The molecule has 2 aromatic heterocycles. The molecule has 1 unspecified atom stereocenters. The number of piperidine rings is 1. The number of aromatic nitrogens is 5. The maximum absolute atomic E-state index is 12.3. The van der Waals surface area contributed by atoms with Crippen molar-refractivity contribution < 1.29 is 4.79 Å². The Morgan fingerprint density at radius 1 is 1.25 bits per heavy atom. The van der Waals surface area contributed by atoms with E-state index in [2.05, 4.69) is 26.0 Å². The Hall–Kier alpha value is -3.00. The second-order valence-corrected chi connectivity index (χ2v) is 7.17. The van der Waals surface area contributed by atoms with Crippen molar-refractivity contribution in [1.29, 1.82) is 0 Å². The van der Waals surface area contributed by atoms with Crippen LogP contribution in [0.25, 0.3) is 5.69 Å². The molecule has 1 aliphatic rings. The van der Waals surface area contributed by atoms with E-state index in [9.17, 15) is 4.79 Å². The van der Waals surface area contributed by atoms with Crippen LogP contribution in [0, 0.1) is 5.92 Å². The van der Waals surface area contributed by atoms with Gasteiger partial charge in [-0.05, 0) is 56.0 Å². The Balaban J connectivity index is 1.25. The van der Waals surface area contributed by atoms with Crippen molar-refractivity contribution in [2.75, 3.05) is 19.6 Å². The highest BCUT2D eigenvalue weighted by molar-refractivity contribution is 5.91. The van der Waals surface area contributed by atoms with Gasteiger partial charge in [0.05, 0.1) is 18.1 Å². The normalized spacial score (nSPS) is 16.8. The van der Waals surface area contributed by atoms with E-state index in [0.29, 0.717) is 24.6 Å². The van der Waals surface area contributed by atoms with Crippen LogP contribution >= 0.6 is 0 Å². The summed E-state index contributed by atoms with van der Waals surface area (Å²) < 4.78 is 3.61. The van der Waals surface area contributed by atoms with E-state index in [1.165, 1.54) is 12.8 Å². The molecule has 4 rings (SSSR count). The zero-order chi connectivity index (χ0) is 19.2. The topological polar surface area (TPSA) is 89.7 Å². The molecule has 1 amide bonds. The van der Waals surface area contributed by atoms with Gasteiger partial charge in [-0.2, -0.15) is 5.10 Å². The predicted molar refractivity (Wildman–Crippen MR) is 105 cm³/mol. The maximum Gasteiger partial charge on any atom is 0.273 e. The molecule has 1 saturated heterocycles. The first kappa shape index (κ1) is 18.4. The van der Waals surface area contributed by atoms with Gasteiger partial charge in [0.1, 0.15) is 0 Å². The average molecular weight is 379 g/mol. The molecule has 3 aromatic rings. The third-order valence-electron chi connectivity index (χ3n) is 4.97. The van der Waals surface area contributed by atoms with Gasteiger partial charge in [-0.3, -0.25) is 9.48 Å². The van der Waals surface area contributed by atoms with Crippen LogP contribution in [0.15, 0.2) is 48.9 Å². The molecule has 1 aliphatic heterocycles. The molecule has 0 radical (unpaired) electrons. The quantitative estimate of drug-likeness (QED) is 0.648. The van der Waals surface area contributed by atoms with Gasteiger partial charge in [0, 0.05) is 19.3 Å². The van der Waals surface area contributed by atoms with E-state index < -0.39 is 0 Å². The minimum absolute atomic E-state index is 0.191. The van der Waals surface area contributed by atoms with Crippen LogP contribution in [0.3, 0.4) is 0 Å². The fourth-order valence-corrected chi connectivity index (χ4v) is 3.46. The first-order valence-electron chi connectivity index (χ1n) is 9.76. The first-order chi connectivity index (χ1) is 13.8. The number of nitrogens with one attached hydrogen (secondary N) is 2. The number of para-hydroxylation sites is 1. The Bertz CT molecular complexity index is 896. The van der Waals surface area contributed by atoms with Gasteiger partial charge in [-0.25, -0.2) is 4.68 Å². The number of benzene rings is 1. The third-order valence-corrected chi connectivity index (χ3v) is 4.97. The zero-order valence-corrected chi connectivity index (χ0v) is 15.8. The molecule has 0 bridgehead atoms. The molecule has 0 spiro atoms. The molecule has 146 valence electrons. The molecule has 3 heterocycles. The van der Waals surface area contributed by atoms with Crippen LogP contribution in [-0.4, -0.2) is 50.3 Å². The number of hydrogen-bond donors (Lipinski definition) is 2. The van der Waals surface area contributed by atoms with E-state index in [1.54, 1.807) is 10.9 Å². The van der Waals surface area contributed by atoms with Crippen molar-refractivity contribution in [2.45, 2.75) is 25.8 Å². The van der Waals surface area contributed by atoms with E-state index >= 15 is 0 Å². The summed E-state index contributed by atoms with van der Waals surface area (Å²) in [5.41, 5.74) is 2.45. The molecule has 0 saturated carbocycles. The highest BCUT2D eigenvalue weighted by Crippen LogP contribution is 2.12. The summed E-state index contributed by atoms with van der Waals surface area (Å²) in [5.74, 6) is 0.357. The molecule has 1 aromatic carbocycles. The van der Waals surface area contributed by atoms with Crippen LogP contribution in [-0.2, 0) is 13.0 Å². The van der Waals surface area contributed by atoms with Gasteiger partial charge in [0.25, 0.3) is 5.91 Å². The lowest BCUT2D eigenvalue weighted by atomic mass is 10.00. The van der Waals surface area contributed by atoms with E-state index in [1.807, 2.05) is 47.4 Å². The smallest absolute Gasteiger partial charge is 0.273 e. The summed E-state index contributed by atoms with van der Waals surface area (Å²) in [5, 5.41) is 18.8. The number of hydrogen-bond acceptors (Lipinski definition) is 5. The van der Waals surface area contributed by atoms with E-state index in [0.717, 1.165) is 30.9 Å². The number of rotatable bonds is 7. The minimum atomic E-state index is -0.191. The molecule has 8 nitrogen and oxygen atoms in total. The molecule has 8 heteroatoms. The summed E-state index contributed by atoms with van der Waals surface area (Å²) in [6.45, 7) is 3.41. The predicted octanol–water partition coefficient (Wildman–Crippen LogP) is 1.44. The lowest BCUT2D eigenvalue weighted by Crippen LogP contribution is -2.32. The van der Waals surface area contributed by atoms with Crippen molar-refractivity contribution in [2.24, 2.45) is 5.92 Å². The van der Waals surface area contributed by atoms with Crippen molar-refractivity contribution in [3.8, 4) is 5.69 Å². The second-order valence-electron chi connectivity index (χ2n) is 7.17. The molecule has 1 atom stereocenters. The summed E-state index contributed by atoms with van der Waals surface area (Å²) in [7, 11) is 0. The molecule has 28 heavy (non-hydrogen) atoms. The standard InChI is InChI=1S/C20H25N7O/c28-20(19-15-26(25-24-19)13-16-5-4-9-21-11-16)22-10-8-17-12-23-27(14-17)18-6-2-1-3-7-18/h1-3,6-7,12,14-16,21H,4-5,8-11,13H2,(H,22,28). The van der Waals surface area contributed by atoms with Crippen LogP contribution in [0.1, 0.15) is 28.9 Å². The molecule has 2 N–H and O–H groups in total. The lowest BCUT2D eigenvalue weighted by Gasteiger charge is -2.22. The Morgan fingerprint density at radius 2 is 2.14 bits per heavy atom. The summed E-state index contributed by atoms with van der Waals surface area (Å²) in [6, 6.07) is 9.95. The van der Waals surface area contributed by atoms with Crippen LogP contribution in [0.2, 0.25) is 0 Å². The molecule has 0 aliphatic carbocycles. The van der Waals surface area contributed by atoms with Crippen LogP contribution in [0.4, 0.5) is 0 Å². The largest absolute Gasteiger partial charge is 0.350 e. The van der Waals surface area contributed by atoms with Gasteiger partial charge >= 0.3 is 0 Å². The van der Waals surface area contributed by atoms with Gasteiger partial charge in [-0.1, -0.05) is 23.4 Å². The van der Waals surface area contributed by atoms with Gasteiger partial charge < -0.3 is 10.6 Å². The molecular weight excluding hydrogens is 354 g/mol. The Kier molecular flexibility index (Phi) is 5.77. The fourth-order valence-electron chi connectivity index (χ4n) is 3.46. The Labute approximate surface area is 163 Å². The van der Waals surface area contributed by atoms with Crippen molar-refractivity contribution >= 4 is 5.91 Å². The maximum atomic E-state index is 12.3. The summed E-state index contributed by atoms with van der Waals surface area (Å²) >= 11 is 0. The van der Waals surface area contributed by atoms with Gasteiger partial charge in [-0.15, -0.1) is 5.10 Å². The monoisotopic (exact) mass is 379 g/mol. The number of nitrogens with zero attached hydrogens (tertiary/aromatic N) is 5. The van der Waals surface area contributed by atoms with Crippen LogP contribution in [0.5, 0.6) is 0 Å². The fraction of sp³-hybridized carbons (Fsp3) is 0.400. The minimum Gasteiger partial charge on any atom is -0.350 e. The number of carbonyl (C=O) groups is 1. The highest BCUT2D eigenvalue weighted by Gasteiger charge is 2.16. The number of carbonyl (C=O) groups excluding carboxylic acids is 1. The first-order valence-corrected chi connectivity index (χ1v) is 9.76.